The topological polar surface area (TPSA) is 120 Å². The maximum Gasteiger partial charge on any atom is 0.494 e. The molecule has 0 saturated carbocycles. The Morgan fingerprint density at radius 3 is 2.16 bits per heavy atom. The van der Waals surface area contributed by atoms with Crippen LogP contribution in [0.15, 0.2) is 85.1 Å². The molecule has 1 aliphatic rings. The van der Waals surface area contributed by atoms with Gasteiger partial charge < -0.3 is 24.7 Å². The number of anilines is 2. The fourth-order valence-corrected chi connectivity index (χ4v) is 4.46. The summed E-state index contributed by atoms with van der Waals surface area (Å²) in [5.41, 5.74) is 5.53. The second-order valence-corrected chi connectivity index (χ2v) is 12.0. The lowest BCUT2D eigenvalue weighted by Crippen LogP contribution is -2.41. The van der Waals surface area contributed by atoms with Crippen LogP contribution in [0.1, 0.15) is 49.3 Å². The van der Waals surface area contributed by atoms with Crippen molar-refractivity contribution in [2.45, 2.75) is 52.4 Å². The first-order valence-corrected chi connectivity index (χ1v) is 14.7. The van der Waals surface area contributed by atoms with Crippen LogP contribution in [0, 0.1) is 6.92 Å². The molecule has 10 nitrogen and oxygen atoms in total. The number of pyridine rings is 1. The van der Waals surface area contributed by atoms with Gasteiger partial charge in [-0.2, -0.15) is 0 Å². The Balaban J connectivity index is 1.09. The molecule has 3 amide bonds. The van der Waals surface area contributed by atoms with Crippen molar-refractivity contribution in [1.82, 2.24) is 10.5 Å². The number of ether oxygens (including phenoxy) is 1. The molecule has 12 heteroatoms. The average Bonchev–Trinajstić information content (AvgIpc) is 3.22. The van der Waals surface area contributed by atoms with E-state index in [0.29, 0.717) is 27.9 Å². The first kappa shape index (κ1) is 32.0. The van der Waals surface area contributed by atoms with E-state index in [4.69, 9.17) is 30.5 Å². The molecule has 1 fully saturated rings. The summed E-state index contributed by atoms with van der Waals surface area (Å²) >= 11 is 6.04. The molecule has 0 bridgehead atoms. The molecule has 2 heterocycles. The van der Waals surface area contributed by atoms with Gasteiger partial charge in [0.2, 0.25) is 0 Å². The van der Waals surface area contributed by atoms with Crippen LogP contribution in [0.4, 0.5) is 16.2 Å². The number of hydrogen-bond donors (Lipinski definition) is 3. The van der Waals surface area contributed by atoms with Gasteiger partial charge in [0, 0.05) is 28.7 Å². The average molecular weight is 629 g/mol. The number of rotatable bonds is 9. The van der Waals surface area contributed by atoms with E-state index in [1.165, 1.54) is 12.3 Å². The van der Waals surface area contributed by atoms with Crippen LogP contribution in [0.2, 0.25) is 5.02 Å². The number of benzene rings is 3. The number of aryl methyl sites for hydroxylation is 1. The number of urea groups is 1. The van der Waals surface area contributed by atoms with Gasteiger partial charge in [0.15, 0.2) is 0 Å². The van der Waals surface area contributed by atoms with Crippen molar-refractivity contribution in [3.8, 4) is 11.5 Å². The van der Waals surface area contributed by atoms with Crippen LogP contribution in [-0.2, 0) is 20.8 Å². The van der Waals surface area contributed by atoms with Crippen LogP contribution in [0.25, 0.3) is 0 Å². The van der Waals surface area contributed by atoms with Crippen molar-refractivity contribution in [3.05, 3.63) is 107 Å². The molecule has 0 atom stereocenters. The fourth-order valence-electron chi connectivity index (χ4n) is 4.34. The standard InChI is InChI=1S/C33H34BClN4O6/c1-21-18-25(12-15-28(21)35)38-31(41)37-24-10-13-26(14-11-24)43-27-16-17-36-29(19-27)30(40)39-42-20-22-6-8-23(9-7-22)34-44-32(2,3)33(4,5)45-34/h6-19H,20H2,1-5H3,(H,39,40)(H2,37,38,41). The van der Waals surface area contributed by atoms with Crippen LogP contribution >= 0.6 is 11.6 Å². The van der Waals surface area contributed by atoms with Crippen LogP contribution < -0.4 is 26.3 Å². The number of aromatic nitrogens is 1. The molecular weight excluding hydrogens is 595 g/mol. The number of hydroxylamine groups is 1. The molecule has 4 aromatic rings. The van der Waals surface area contributed by atoms with E-state index in [1.807, 2.05) is 58.9 Å². The number of carbonyl (C=O) groups excluding carboxylic acids is 2. The summed E-state index contributed by atoms with van der Waals surface area (Å²) in [6, 6.07) is 22.4. The molecule has 0 unspecified atom stereocenters. The van der Waals surface area contributed by atoms with E-state index < -0.39 is 30.3 Å². The Hall–Kier alpha value is -4.42. The summed E-state index contributed by atoms with van der Waals surface area (Å²) in [5, 5.41) is 6.16. The molecule has 3 aromatic carbocycles. The van der Waals surface area contributed by atoms with Gasteiger partial charge in [-0.3, -0.25) is 14.6 Å². The SMILES string of the molecule is Cc1cc(NC(=O)Nc2ccc(Oc3ccnc(C(=O)NOCc4ccc(B5OC(C)(C)C(C)(C)O5)cc4)c3)cc2)ccc1Cl. The van der Waals surface area contributed by atoms with Crippen molar-refractivity contribution in [2.75, 3.05) is 10.6 Å². The lowest BCUT2D eigenvalue weighted by Gasteiger charge is -2.32. The van der Waals surface area contributed by atoms with Gasteiger partial charge in [-0.05, 0) is 99.7 Å². The molecular formula is C33H34BClN4O6. The summed E-state index contributed by atoms with van der Waals surface area (Å²) in [6.07, 6.45) is 1.47. The van der Waals surface area contributed by atoms with Gasteiger partial charge in [0.25, 0.3) is 5.91 Å². The molecule has 0 radical (unpaired) electrons. The zero-order valence-corrected chi connectivity index (χ0v) is 26.4. The highest BCUT2D eigenvalue weighted by atomic mass is 35.5. The molecule has 232 valence electrons. The number of amides is 3. The Morgan fingerprint density at radius 1 is 0.844 bits per heavy atom. The van der Waals surface area contributed by atoms with Gasteiger partial charge in [0.05, 0.1) is 17.8 Å². The van der Waals surface area contributed by atoms with E-state index in [2.05, 4.69) is 21.1 Å². The molecule has 5 rings (SSSR count). The Kier molecular flexibility index (Phi) is 9.45. The lowest BCUT2D eigenvalue weighted by atomic mass is 9.79. The normalized spacial score (nSPS) is 14.9. The van der Waals surface area contributed by atoms with Gasteiger partial charge in [-0.1, -0.05) is 35.9 Å². The lowest BCUT2D eigenvalue weighted by molar-refractivity contribution is 0.00578. The number of carbonyl (C=O) groups is 2. The third-order valence-corrected chi connectivity index (χ3v) is 8.06. The number of nitrogens with zero attached hydrogens (tertiary/aromatic N) is 1. The summed E-state index contributed by atoms with van der Waals surface area (Å²) in [4.78, 5) is 34.6. The zero-order chi connectivity index (χ0) is 32.2. The zero-order valence-electron chi connectivity index (χ0n) is 25.6. The van der Waals surface area contributed by atoms with E-state index in [-0.39, 0.29) is 12.3 Å². The second-order valence-electron chi connectivity index (χ2n) is 11.6. The largest absolute Gasteiger partial charge is 0.494 e. The minimum absolute atomic E-state index is 0.121. The predicted molar refractivity (Wildman–Crippen MR) is 174 cm³/mol. The molecule has 3 N–H and O–H groups in total. The summed E-state index contributed by atoms with van der Waals surface area (Å²) < 4.78 is 18.1. The highest BCUT2D eigenvalue weighted by Crippen LogP contribution is 2.36. The van der Waals surface area contributed by atoms with Gasteiger partial charge in [-0.15, -0.1) is 0 Å². The molecule has 1 saturated heterocycles. The van der Waals surface area contributed by atoms with E-state index >= 15 is 0 Å². The van der Waals surface area contributed by atoms with Gasteiger partial charge in [0.1, 0.15) is 17.2 Å². The van der Waals surface area contributed by atoms with Crippen molar-refractivity contribution in [1.29, 1.82) is 0 Å². The third kappa shape index (κ3) is 8.00. The van der Waals surface area contributed by atoms with E-state index in [0.717, 1.165) is 16.6 Å². The summed E-state index contributed by atoms with van der Waals surface area (Å²) in [7, 11) is -0.448. The first-order valence-electron chi connectivity index (χ1n) is 14.3. The summed E-state index contributed by atoms with van der Waals surface area (Å²) in [5.74, 6) is 0.396. The maximum absolute atomic E-state index is 12.7. The first-order chi connectivity index (χ1) is 21.4. The molecule has 1 aromatic heterocycles. The van der Waals surface area contributed by atoms with Crippen molar-refractivity contribution < 1.29 is 28.5 Å². The highest BCUT2D eigenvalue weighted by Gasteiger charge is 2.51. The van der Waals surface area contributed by atoms with Crippen molar-refractivity contribution in [3.63, 3.8) is 0 Å². The van der Waals surface area contributed by atoms with Gasteiger partial charge in [-0.25, -0.2) is 10.3 Å². The van der Waals surface area contributed by atoms with Crippen LogP contribution in [-0.4, -0.2) is 35.2 Å². The molecule has 0 aliphatic carbocycles. The van der Waals surface area contributed by atoms with E-state index in [1.54, 1.807) is 48.5 Å². The number of hydrogen-bond acceptors (Lipinski definition) is 7. The fraction of sp³-hybridized carbons (Fsp3) is 0.242. The third-order valence-electron chi connectivity index (χ3n) is 7.64. The quantitative estimate of drug-likeness (QED) is 0.140. The van der Waals surface area contributed by atoms with E-state index in [9.17, 15) is 9.59 Å². The Bertz CT molecular complexity index is 1670. The van der Waals surface area contributed by atoms with Crippen LogP contribution in [0.5, 0.6) is 11.5 Å². The Morgan fingerprint density at radius 2 is 1.49 bits per heavy atom. The Labute approximate surface area is 267 Å². The molecule has 0 spiro atoms. The maximum atomic E-state index is 12.7. The van der Waals surface area contributed by atoms with Crippen molar-refractivity contribution >= 4 is 47.5 Å². The van der Waals surface area contributed by atoms with Crippen LogP contribution in [0.3, 0.4) is 0 Å². The monoisotopic (exact) mass is 628 g/mol. The molecule has 45 heavy (non-hydrogen) atoms. The highest BCUT2D eigenvalue weighted by molar-refractivity contribution is 6.62. The van der Waals surface area contributed by atoms with Gasteiger partial charge >= 0.3 is 13.1 Å². The summed E-state index contributed by atoms with van der Waals surface area (Å²) in [6.45, 7) is 10.1. The van der Waals surface area contributed by atoms with Crippen molar-refractivity contribution in [2.24, 2.45) is 0 Å². The number of nitrogens with one attached hydrogen (secondary N) is 3. The molecule has 1 aliphatic heterocycles. The predicted octanol–water partition coefficient (Wildman–Crippen LogP) is 6.64. The smallest absolute Gasteiger partial charge is 0.457 e. The minimum atomic E-state index is -0.518. The number of halogens is 1. The second kappa shape index (κ2) is 13.3. The minimum Gasteiger partial charge on any atom is -0.457 e.